The van der Waals surface area contributed by atoms with Crippen molar-refractivity contribution in [3.05, 3.63) is 89.2 Å². The zero-order chi connectivity index (χ0) is 22.8. The number of hydrogen-bond acceptors (Lipinski definition) is 7. The maximum atomic E-state index is 12.2. The van der Waals surface area contributed by atoms with Crippen molar-refractivity contribution in [1.82, 2.24) is 4.98 Å². The molecule has 0 aliphatic carbocycles. The summed E-state index contributed by atoms with van der Waals surface area (Å²) in [5, 5.41) is 0. The average molecular weight is 435 g/mol. The summed E-state index contributed by atoms with van der Waals surface area (Å²) in [5.41, 5.74) is 2.19. The number of hydrogen-bond donors (Lipinski definition) is 0. The number of rotatable bonds is 10. The van der Waals surface area contributed by atoms with Crippen LogP contribution >= 0.6 is 0 Å². The van der Waals surface area contributed by atoms with E-state index in [-0.39, 0.29) is 37.8 Å². The third-order valence-corrected chi connectivity index (χ3v) is 4.32. The van der Waals surface area contributed by atoms with Crippen LogP contribution in [0.5, 0.6) is 11.5 Å². The first-order chi connectivity index (χ1) is 15.5. The smallest absolute Gasteiger partial charge is 0.357 e. The Morgan fingerprint density at radius 1 is 0.656 bits per heavy atom. The van der Waals surface area contributed by atoms with Gasteiger partial charge in [-0.05, 0) is 61.4 Å². The normalized spacial score (nSPS) is 10.3. The van der Waals surface area contributed by atoms with Crippen molar-refractivity contribution in [3.63, 3.8) is 0 Å². The van der Waals surface area contributed by atoms with Crippen molar-refractivity contribution in [1.29, 1.82) is 0 Å². The molecule has 3 rings (SSSR count). The fourth-order valence-electron chi connectivity index (χ4n) is 2.81. The molecule has 0 aliphatic heterocycles. The summed E-state index contributed by atoms with van der Waals surface area (Å²) in [6, 6.07) is 19.7. The largest absolute Gasteiger partial charge is 0.490 e. The molecule has 0 saturated heterocycles. The van der Waals surface area contributed by atoms with Crippen LogP contribution in [0.1, 0.15) is 32.1 Å². The van der Waals surface area contributed by atoms with Gasteiger partial charge in [-0.3, -0.25) is 0 Å². The highest BCUT2D eigenvalue weighted by molar-refractivity contribution is 5.91. The Balaban J connectivity index is 1.42. The molecule has 0 N–H and O–H groups in total. The van der Waals surface area contributed by atoms with Crippen LogP contribution < -0.4 is 9.47 Å². The second-order valence-electron chi connectivity index (χ2n) is 7.01. The van der Waals surface area contributed by atoms with Crippen LogP contribution in [0.15, 0.2) is 66.7 Å². The van der Waals surface area contributed by atoms with Crippen molar-refractivity contribution >= 4 is 11.9 Å². The molecule has 7 heteroatoms. The highest BCUT2D eigenvalue weighted by Crippen LogP contribution is 2.13. The Morgan fingerprint density at radius 2 is 1.09 bits per heavy atom. The van der Waals surface area contributed by atoms with Gasteiger partial charge in [0.1, 0.15) is 49.3 Å². The zero-order valence-electron chi connectivity index (χ0n) is 18.1. The van der Waals surface area contributed by atoms with Crippen LogP contribution in [0.25, 0.3) is 0 Å². The third-order valence-electron chi connectivity index (χ3n) is 4.32. The standard InChI is InChI=1S/C25H25NO6/c1-18-6-3-8-20(16-18)29-12-14-31-24(27)22-10-5-11-23(26-22)25(28)32-15-13-30-21-9-4-7-19(2)17-21/h3-11,16-17H,12-15H2,1-2H3. The Kier molecular flexibility index (Phi) is 8.20. The number of esters is 2. The van der Waals surface area contributed by atoms with Gasteiger partial charge >= 0.3 is 11.9 Å². The van der Waals surface area contributed by atoms with Gasteiger partial charge in [-0.1, -0.05) is 30.3 Å². The molecule has 1 aromatic heterocycles. The van der Waals surface area contributed by atoms with Crippen LogP contribution in [0.4, 0.5) is 0 Å². The van der Waals surface area contributed by atoms with Crippen molar-refractivity contribution in [3.8, 4) is 11.5 Å². The summed E-state index contributed by atoms with van der Waals surface area (Å²) in [6.45, 7) is 4.45. The maximum absolute atomic E-state index is 12.2. The number of benzene rings is 2. The second-order valence-corrected chi connectivity index (χ2v) is 7.01. The minimum atomic E-state index is -0.643. The second kappa shape index (κ2) is 11.5. The molecule has 1 heterocycles. The van der Waals surface area contributed by atoms with E-state index < -0.39 is 11.9 Å². The van der Waals surface area contributed by atoms with E-state index in [2.05, 4.69) is 4.98 Å². The first kappa shape index (κ1) is 22.8. The highest BCUT2D eigenvalue weighted by atomic mass is 16.6. The molecule has 0 bridgehead atoms. The molecule has 0 saturated carbocycles. The lowest BCUT2D eigenvalue weighted by Gasteiger charge is -2.09. The molecule has 0 aliphatic rings. The molecule has 0 radical (unpaired) electrons. The van der Waals surface area contributed by atoms with Crippen LogP contribution in [-0.4, -0.2) is 43.4 Å². The number of ether oxygens (including phenoxy) is 4. The predicted molar refractivity (Wildman–Crippen MR) is 118 cm³/mol. The number of pyridine rings is 1. The maximum Gasteiger partial charge on any atom is 0.357 e. The molecule has 0 amide bonds. The van der Waals surface area contributed by atoms with Gasteiger partial charge in [0.25, 0.3) is 0 Å². The quantitative estimate of drug-likeness (QED) is 0.349. The van der Waals surface area contributed by atoms with Crippen molar-refractivity contribution in [2.45, 2.75) is 13.8 Å². The Bertz CT molecular complexity index is 985. The molecule has 0 unspecified atom stereocenters. The summed E-state index contributed by atoms with van der Waals surface area (Å²) in [7, 11) is 0. The molecule has 7 nitrogen and oxygen atoms in total. The van der Waals surface area contributed by atoms with Gasteiger partial charge in [0.2, 0.25) is 0 Å². The molecule has 32 heavy (non-hydrogen) atoms. The molecule has 0 spiro atoms. The lowest BCUT2D eigenvalue weighted by atomic mass is 10.2. The molecule has 3 aromatic rings. The van der Waals surface area contributed by atoms with Gasteiger partial charge < -0.3 is 18.9 Å². The van der Waals surface area contributed by atoms with Gasteiger partial charge in [-0.2, -0.15) is 0 Å². The summed E-state index contributed by atoms with van der Waals surface area (Å²) < 4.78 is 21.4. The van der Waals surface area contributed by atoms with Gasteiger partial charge in [0.05, 0.1) is 0 Å². The first-order valence-electron chi connectivity index (χ1n) is 10.2. The van der Waals surface area contributed by atoms with Crippen LogP contribution in [-0.2, 0) is 9.47 Å². The van der Waals surface area contributed by atoms with Gasteiger partial charge in [-0.15, -0.1) is 0 Å². The van der Waals surface area contributed by atoms with E-state index in [1.165, 1.54) is 12.1 Å². The van der Waals surface area contributed by atoms with E-state index >= 15 is 0 Å². The topological polar surface area (TPSA) is 84.0 Å². The number of aromatic nitrogens is 1. The fraction of sp³-hybridized carbons (Fsp3) is 0.240. The lowest BCUT2D eigenvalue weighted by molar-refractivity contribution is 0.0434. The first-order valence-corrected chi connectivity index (χ1v) is 10.2. The van der Waals surface area contributed by atoms with Gasteiger partial charge in [0, 0.05) is 0 Å². The van der Waals surface area contributed by atoms with Crippen LogP contribution in [0, 0.1) is 13.8 Å². The SMILES string of the molecule is Cc1cccc(OCCOC(=O)c2cccc(C(=O)OCCOc3cccc(C)c3)n2)c1. The highest BCUT2D eigenvalue weighted by Gasteiger charge is 2.14. The molecular weight excluding hydrogens is 410 g/mol. The Labute approximate surface area is 186 Å². The van der Waals surface area contributed by atoms with E-state index in [1.54, 1.807) is 6.07 Å². The summed E-state index contributed by atoms with van der Waals surface area (Å²) in [4.78, 5) is 28.5. The zero-order valence-corrected chi connectivity index (χ0v) is 18.1. The summed E-state index contributed by atoms with van der Waals surface area (Å²) in [5.74, 6) is 0.121. The van der Waals surface area contributed by atoms with Gasteiger partial charge in [0.15, 0.2) is 0 Å². The molecule has 2 aromatic carbocycles. The van der Waals surface area contributed by atoms with E-state index in [0.29, 0.717) is 11.5 Å². The third kappa shape index (κ3) is 7.12. The van der Waals surface area contributed by atoms with E-state index in [9.17, 15) is 9.59 Å². The molecular formula is C25H25NO6. The monoisotopic (exact) mass is 435 g/mol. The van der Waals surface area contributed by atoms with Crippen molar-refractivity contribution in [2.24, 2.45) is 0 Å². The fourth-order valence-corrected chi connectivity index (χ4v) is 2.81. The summed E-state index contributed by atoms with van der Waals surface area (Å²) >= 11 is 0. The summed E-state index contributed by atoms with van der Waals surface area (Å²) in [6.07, 6.45) is 0. The Morgan fingerprint density at radius 3 is 1.53 bits per heavy atom. The minimum Gasteiger partial charge on any atom is -0.490 e. The lowest BCUT2D eigenvalue weighted by Crippen LogP contribution is -2.17. The van der Waals surface area contributed by atoms with Crippen LogP contribution in [0.3, 0.4) is 0 Å². The number of carbonyl (C=O) groups is 2. The van der Waals surface area contributed by atoms with E-state index in [1.807, 2.05) is 62.4 Å². The van der Waals surface area contributed by atoms with Gasteiger partial charge in [-0.25, -0.2) is 14.6 Å². The predicted octanol–water partition coefficient (Wildman–Crippen LogP) is 4.17. The molecule has 0 atom stereocenters. The van der Waals surface area contributed by atoms with Crippen molar-refractivity contribution < 1.29 is 28.5 Å². The van der Waals surface area contributed by atoms with Crippen molar-refractivity contribution in [2.75, 3.05) is 26.4 Å². The van der Waals surface area contributed by atoms with E-state index in [0.717, 1.165) is 11.1 Å². The van der Waals surface area contributed by atoms with E-state index in [4.69, 9.17) is 18.9 Å². The minimum absolute atomic E-state index is 0.0195. The molecule has 0 fully saturated rings. The number of nitrogens with zero attached hydrogens (tertiary/aromatic N) is 1. The Hall–Kier alpha value is -3.87. The number of carbonyl (C=O) groups excluding carboxylic acids is 2. The van der Waals surface area contributed by atoms with Crippen LogP contribution in [0.2, 0.25) is 0 Å². The number of aryl methyl sites for hydroxylation is 2. The molecule has 166 valence electrons. The average Bonchev–Trinajstić information content (AvgIpc) is 2.79.